The van der Waals surface area contributed by atoms with Crippen molar-refractivity contribution >= 4 is 17.1 Å². The third kappa shape index (κ3) is 5.29. The summed E-state index contributed by atoms with van der Waals surface area (Å²) >= 11 is 0. The predicted octanol–water partition coefficient (Wildman–Crippen LogP) is 4.05. The summed E-state index contributed by atoms with van der Waals surface area (Å²) in [5.41, 5.74) is 3.77. The maximum absolute atomic E-state index is 5.69. The smallest absolute Gasteiger partial charge is 0.134 e. The van der Waals surface area contributed by atoms with E-state index in [1.807, 2.05) is 6.20 Å². The molecule has 2 aliphatic heterocycles. The van der Waals surface area contributed by atoms with Crippen LogP contribution in [0, 0.1) is 0 Å². The molecule has 0 saturated carbocycles. The summed E-state index contributed by atoms with van der Waals surface area (Å²) in [4.78, 5) is 11.8. The Hall–Kier alpha value is -2.63. The fraction of sp³-hybridized carbons (Fsp3) is 0.400. The molecule has 1 aromatic heterocycles. The van der Waals surface area contributed by atoms with Crippen molar-refractivity contribution < 1.29 is 4.74 Å². The number of nitrogens with zero attached hydrogens (tertiary/aromatic N) is 4. The molecule has 3 heterocycles. The van der Waals surface area contributed by atoms with Gasteiger partial charge < -0.3 is 14.5 Å². The van der Waals surface area contributed by atoms with Gasteiger partial charge in [0.15, 0.2) is 0 Å². The highest BCUT2D eigenvalue weighted by molar-refractivity contribution is 5.76. The molecule has 2 aliphatic rings. The van der Waals surface area contributed by atoms with Gasteiger partial charge in [0.25, 0.3) is 0 Å². The zero-order valence-electron chi connectivity index (χ0n) is 18.1. The van der Waals surface area contributed by atoms with Crippen LogP contribution in [0.3, 0.4) is 0 Å². The molecule has 5 nitrogen and oxygen atoms in total. The van der Waals surface area contributed by atoms with Crippen LogP contribution in [0.15, 0.2) is 67.0 Å². The highest BCUT2D eigenvalue weighted by atomic mass is 16.5. The van der Waals surface area contributed by atoms with Gasteiger partial charge in [-0.15, -0.1) is 0 Å². The zero-order chi connectivity index (χ0) is 20.8. The molecule has 0 unspecified atom stereocenters. The molecule has 1 saturated heterocycles. The Bertz CT molecular complexity index is 870. The van der Waals surface area contributed by atoms with Gasteiger partial charge in [0, 0.05) is 63.4 Å². The van der Waals surface area contributed by atoms with Crippen LogP contribution in [0.4, 0.5) is 11.5 Å². The Morgan fingerprint density at radius 1 is 1.03 bits per heavy atom. The third-order valence-electron chi connectivity index (χ3n) is 5.67. The SMILES string of the molecule is CC(C)OCCN1CCN(c2ccnc(N3C=CC(c4ccccc4)=CC3)c2)CC1. The average molecular weight is 405 g/mol. The number of allylic oxidation sites excluding steroid dienone is 2. The maximum atomic E-state index is 5.69. The van der Waals surface area contributed by atoms with Crippen molar-refractivity contribution in [2.75, 3.05) is 55.7 Å². The van der Waals surface area contributed by atoms with Crippen molar-refractivity contribution in [2.45, 2.75) is 20.0 Å². The monoisotopic (exact) mass is 404 g/mol. The molecule has 0 radical (unpaired) electrons. The second-order valence-corrected chi connectivity index (χ2v) is 8.11. The van der Waals surface area contributed by atoms with Crippen LogP contribution in [-0.4, -0.2) is 61.9 Å². The third-order valence-corrected chi connectivity index (χ3v) is 5.67. The van der Waals surface area contributed by atoms with Crippen molar-refractivity contribution in [1.82, 2.24) is 9.88 Å². The highest BCUT2D eigenvalue weighted by Crippen LogP contribution is 2.25. The van der Waals surface area contributed by atoms with Crippen molar-refractivity contribution in [3.8, 4) is 0 Å². The van der Waals surface area contributed by atoms with Gasteiger partial charge in [-0.25, -0.2) is 4.98 Å². The molecule has 2 aromatic rings. The molecular formula is C25H32N4O. The van der Waals surface area contributed by atoms with E-state index in [9.17, 15) is 0 Å². The summed E-state index contributed by atoms with van der Waals surface area (Å²) in [6, 6.07) is 14.9. The number of hydrogen-bond acceptors (Lipinski definition) is 5. The van der Waals surface area contributed by atoms with E-state index < -0.39 is 0 Å². The second kappa shape index (κ2) is 9.92. The van der Waals surface area contributed by atoms with E-state index in [-0.39, 0.29) is 0 Å². The number of aromatic nitrogens is 1. The van der Waals surface area contributed by atoms with Crippen molar-refractivity contribution in [3.63, 3.8) is 0 Å². The maximum Gasteiger partial charge on any atom is 0.134 e. The standard InChI is InChI=1S/C25H32N4O/c1-21(2)30-19-18-27-14-16-28(17-15-27)24-8-11-26-25(20-24)29-12-9-23(10-13-29)22-6-4-3-5-7-22/h3-12,20-21H,13-19H2,1-2H3. The van der Waals surface area contributed by atoms with Gasteiger partial charge in [-0.1, -0.05) is 36.4 Å². The number of anilines is 2. The first-order valence-corrected chi connectivity index (χ1v) is 10.9. The minimum Gasteiger partial charge on any atom is -0.377 e. The number of hydrogen-bond donors (Lipinski definition) is 0. The van der Waals surface area contributed by atoms with Crippen LogP contribution >= 0.6 is 0 Å². The summed E-state index contributed by atoms with van der Waals surface area (Å²) < 4.78 is 5.69. The van der Waals surface area contributed by atoms with Gasteiger partial charge in [-0.2, -0.15) is 0 Å². The second-order valence-electron chi connectivity index (χ2n) is 8.11. The fourth-order valence-electron chi connectivity index (χ4n) is 3.92. The molecule has 0 bridgehead atoms. The minimum atomic E-state index is 0.309. The van der Waals surface area contributed by atoms with Crippen LogP contribution < -0.4 is 9.80 Å². The summed E-state index contributed by atoms with van der Waals surface area (Å²) in [6.07, 6.45) is 8.81. The Kier molecular flexibility index (Phi) is 6.82. The first-order valence-electron chi connectivity index (χ1n) is 10.9. The molecule has 1 aromatic carbocycles. The summed E-state index contributed by atoms with van der Waals surface area (Å²) in [5, 5.41) is 0. The van der Waals surface area contributed by atoms with Gasteiger partial charge in [0.05, 0.1) is 12.7 Å². The average Bonchev–Trinajstić information content (AvgIpc) is 2.80. The first-order chi connectivity index (χ1) is 14.7. The van der Waals surface area contributed by atoms with E-state index in [0.717, 1.165) is 51.7 Å². The molecular weight excluding hydrogens is 372 g/mol. The molecule has 1 fully saturated rings. The van der Waals surface area contributed by atoms with Gasteiger partial charge in [-0.3, -0.25) is 4.90 Å². The number of piperazine rings is 1. The Labute approximate surface area is 180 Å². The van der Waals surface area contributed by atoms with E-state index in [1.54, 1.807) is 0 Å². The largest absolute Gasteiger partial charge is 0.377 e. The van der Waals surface area contributed by atoms with Crippen molar-refractivity contribution in [2.24, 2.45) is 0 Å². The van der Waals surface area contributed by atoms with E-state index in [1.165, 1.54) is 16.8 Å². The van der Waals surface area contributed by atoms with Crippen LogP contribution in [0.25, 0.3) is 5.57 Å². The van der Waals surface area contributed by atoms with E-state index in [2.05, 4.69) is 94.3 Å². The molecule has 30 heavy (non-hydrogen) atoms. The lowest BCUT2D eigenvalue weighted by Gasteiger charge is -2.36. The first kappa shape index (κ1) is 20.6. The van der Waals surface area contributed by atoms with E-state index >= 15 is 0 Å². The lowest BCUT2D eigenvalue weighted by Crippen LogP contribution is -2.47. The molecule has 0 spiro atoms. The van der Waals surface area contributed by atoms with Crippen LogP contribution in [0.1, 0.15) is 19.4 Å². The van der Waals surface area contributed by atoms with Crippen LogP contribution in [-0.2, 0) is 4.74 Å². The van der Waals surface area contributed by atoms with Crippen LogP contribution in [0.2, 0.25) is 0 Å². The fourth-order valence-corrected chi connectivity index (χ4v) is 3.92. The lowest BCUT2D eigenvalue weighted by molar-refractivity contribution is 0.0579. The number of pyridine rings is 1. The lowest BCUT2D eigenvalue weighted by atomic mass is 10.0. The van der Waals surface area contributed by atoms with Gasteiger partial charge in [0.2, 0.25) is 0 Å². The Morgan fingerprint density at radius 2 is 1.83 bits per heavy atom. The molecule has 158 valence electrons. The van der Waals surface area contributed by atoms with Gasteiger partial charge in [0.1, 0.15) is 5.82 Å². The number of benzene rings is 1. The quantitative estimate of drug-likeness (QED) is 0.695. The summed E-state index contributed by atoms with van der Waals surface area (Å²) in [5.74, 6) is 1.000. The number of rotatable bonds is 7. The number of ether oxygens (including phenoxy) is 1. The van der Waals surface area contributed by atoms with E-state index in [4.69, 9.17) is 4.74 Å². The van der Waals surface area contributed by atoms with Gasteiger partial charge >= 0.3 is 0 Å². The van der Waals surface area contributed by atoms with Crippen molar-refractivity contribution in [3.05, 3.63) is 72.6 Å². The topological polar surface area (TPSA) is 31.8 Å². The molecule has 5 heteroatoms. The molecule has 0 amide bonds. The van der Waals surface area contributed by atoms with Gasteiger partial charge in [-0.05, 0) is 37.1 Å². The summed E-state index contributed by atoms with van der Waals surface area (Å²) in [6.45, 7) is 11.1. The molecule has 0 atom stereocenters. The molecule has 0 aliphatic carbocycles. The Balaban J connectivity index is 1.33. The predicted molar refractivity (Wildman–Crippen MR) is 125 cm³/mol. The van der Waals surface area contributed by atoms with Crippen molar-refractivity contribution in [1.29, 1.82) is 0 Å². The molecule has 0 N–H and O–H groups in total. The highest BCUT2D eigenvalue weighted by Gasteiger charge is 2.18. The summed E-state index contributed by atoms with van der Waals surface area (Å²) in [7, 11) is 0. The minimum absolute atomic E-state index is 0.309. The zero-order valence-corrected chi connectivity index (χ0v) is 18.1. The Morgan fingerprint density at radius 3 is 2.53 bits per heavy atom. The normalized spacial score (nSPS) is 17.5. The molecule has 4 rings (SSSR count). The van der Waals surface area contributed by atoms with E-state index in [0.29, 0.717) is 6.10 Å². The van der Waals surface area contributed by atoms with Crippen LogP contribution in [0.5, 0.6) is 0 Å².